The van der Waals surface area contributed by atoms with E-state index in [1.165, 1.54) is 0 Å². The number of rotatable bonds is 18. The molecule has 0 amide bonds. The molecule has 0 aliphatic heterocycles. The Bertz CT molecular complexity index is 1510. The van der Waals surface area contributed by atoms with Crippen LogP contribution in [0.4, 0.5) is 0 Å². The van der Waals surface area contributed by atoms with E-state index in [0.29, 0.717) is 0 Å². The summed E-state index contributed by atoms with van der Waals surface area (Å²) in [6.45, 7) is -4.18. The second kappa shape index (κ2) is 20.5. The van der Waals surface area contributed by atoms with Crippen LogP contribution in [0.3, 0.4) is 0 Å². The largest absolute Gasteiger partial charge is 0.0928 e. The standard InChI is InChI=1S/C20H41Br/c1-2-3-4-5-6-7-8-9-10-11-12-13-14-15-16-17-18-19-20-21/h2-20H2,1H3/i1D3,2D2,3D2,4D2,5D2,6D2,7D2,8D2,9D2,10D2,11D2,12D2,13D2,14D2,15D2,16D2,17D2,18D2,19D2,20D2. The highest BCUT2D eigenvalue weighted by Gasteiger charge is 1.94. The van der Waals surface area contributed by atoms with Crippen molar-refractivity contribution in [1.29, 1.82) is 0 Å². The first-order chi connectivity index (χ1) is 25.8. The van der Waals surface area contributed by atoms with Crippen LogP contribution in [0, 0.1) is 0 Å². The summed E-state index contributed by atoms with van der Waals surface area (Å²) in [6.07, 6.45) is -90.6. The molecule has 0 atom stereocenters. The fourth-order valence-electron chi connectivity index (χ4n) is 0.524. The summed E-state index contributed by atoms with van der Waals surface area (Å²) in [7, 11) is 0. The van der Waals surface area contributed by atoms with Crippen LogP contribution in [-0.2, 0) is 0 Å². The summed E-state index contributed by atoms with van der Waals surface area (Å²) in [5.41, 5.74) is 0. The lowest BCUT2D eigenvalue weighted by Gasteiger charge is -2.03. The van der Waals surface area contributed by atoms with Crippen molar-refractivity contribution in [2.45, 2.75) is 122 Å². The van der Waals surface area contributed by atoms with Gasteiger partial charge >= 0.3 is 0 Å². The van der Waals surface area contributed by atoms with Crippen LogP contribution in [-0.4, -0.2) is 5.28 Å². The Morgan fingerprint density at radius 1 is 0.524 bits per heavy atom. The topological polar surface area (TPSA) is 0 Å². The van der Waals surface area contributed by atoms with Crippen molar-refractivity contribution < 1.29 is 56.2 Å². The molecule has 0 bridgehead atoms. The Morgan fingerprint density at radius 2 is 0.810 bits per heavy atom. The summed E-state index contributed by atoms with van der Waals surface area (Å²) >= 11 is 2.07. The smallest absolute Gasteiger partial charge is 0.0387 e. The molecular formula is C20H41Br. The monoisotopic (exact) mass is 401 g/mol. The van der Waals surface area contributed by atoms with Gasteiger partial charge in [-0.1, -0.05) is 131 Å². The van der Waals surface area contributed by atoms with E-state index in [4.69, 9.17) is 56.2 Å². The van der Waals surface area contributed by atoms with Gasteiger partial charge in [-0.3, -0.25) is 0 Å². The zero-order chi connectivity index (χ0) is 52.0. The molecule has 0 rings (SSSR count). The SMILES string of the molecule is [2H]C([2H])([2H])C([2H])([2H])C([2H])([2H])C([2H])([2H])C([2H])([2H])C([2H])([2H])C([2H])([2H])C([2H])([2H])C([2H])([2H])C([2H])([2H])C([2H])([2H])C([2H])([2H])C([2H])([2H])C([2H])([2H])C([2H])([2H])C([2H])([2H])C([2H])([2H])C([2H])([2H])C([2H])([2H])C([2H])([2H])Br. The predicted octanol–water partition coefficient (Wildman–Crippen LogP) is 8.42. The van der Waals surface area contributed by atoms with Crippen LogP contribution in [0.1, 0.15) is 178 Å². The molecule has 0 unspecified atom stereocenters. The molecule has 0 saturated heterocycles. The minimum Gasteiger partial charge on any atom is -0.0928 e. The molecule has 0 fully saturated rings. The maximum Gasteiger partial charge on any atom is 0.0387 e. The van der Waals surface area contributed by atoms with E-state index < -0.39 is 127 Å². The van der Waals surface area contributed by atoms with E-state index in [0.717, 1.165) is 0 Å². The highest BCUT2D eigenvalue weighted by molar-refractivity contribution is 9.09. The van der Waals surface area contributed by atoms with Crippen LogP contribution < -0.4 is 0 Å². The summed E-state index contributed by atoms with van der Waals surface area (Å²) in [5.74, 6) is 0. The van der Waals surface area contributed by atoms with Gasteiger partial charge in [0.05, 0.1) is 0 Å². The molecule has 0 aromatic rings. The van der Waals surface area contributed by atoms with Gasteiger partial charge in [0.2, 0.25) is 0 Å². The van der Waals surface area contributed by atoms with Gasteiger partial charge in [-0.2, -0.15) is 0 Å². The van der Waals surface area contributed by atoms with Crippen LogP contribution in [0.25, 0.3) is 0 Å². The Kier molecular flexibility index (Phi) is 2.32. The molecule has 0 aromatic heterocycles. The lowest BCUT2D eigenvalue weighted by atomic mass is 10.0. The molecule has 0 aliphatic carbocycles. The quantitative estimate of drug-likeness (QED) is 0.202. The molecule has 0 N–H and O–H groups in total. The van der Waals surface area contributed by atoms with Gasteiger partial charge in [0.15, 0.2) is 0 Å². The second-order valence-electron chi connectivity index (χ2n) is 2.34. The van der Waals surface area contributed by atoms with E-state index >= 15 is 0 Å². The molecule has 0 spiro atoms. The zero-order valence-electron chi connectivity index (χ0n) is 51.4. The lowest BCUT2D eigenvalue weighted by molar-refractivity contribution is 0.527. The van der Waals surface area contributed by atoms with Gasteiger partial charge in [-0.15, -0.1) is 0 Å². The van der Waals surface area contributed by atoms with Crippen molar-refractivity contribution in [3.05, 3.63) is 0 Å². The average molecular weight is 403 g/mol. The third kappa shape index (κ3) is 20.5. The van der Waals surface area contributed by atoms with Crippen LogP contribution in [0.5, 0.6) is 0 Å². The van der Waals surface area contributed by atoms with Crippen molar-refractivity contribution >= 4 is 15.9 Å². The highest BCUT2D eigenvalue weighted by Crippen LogP contribution is 2.14. The minimum atomic E-state index is -5.34. The molecular weight excluding hydrogens is 320 g/mol. The fourth-order valence-corrected chi connectivity index (χ4v) is 0.623. The van der Waals surface area contributed by atoms with Gasteiger partial charge in [-0.25, -0.2) is 0 Å². The first-order valence-electron chi connectivity index (χ1n) is 25.4. The van der Waals surface area contributed by atoms with E-state index in [1.807, 2.05) is 0 Å². The Morgan fingerprint density at radius 3 is 1.10 bits per heavy atom. The number of hydrogen-bond donors (Lipinski definition) is 0. The van der Waals surface area contributed by atoms with Crippen molar-refractivity contribution in [1.82, 2.24) is 0 Å². The van der Waals surface area contributed by atoms with Crippen LogP contribution in [0.15, 0.2) is 0 Å². The number of hydrogen-bond acceptors (Lipinski definition) is 0. The third-order valence-electron chi connectivity index (χ3n) is 1.11. The minimum absolute atomic E-state index is 2.07. The predicted molar refractivity (Wildman–Crippen MR) is 103 cm³/mol. The first-order valence-corrected chi connectivity index (χ1v) is 5.73. The van der Waals surface area contributed by atoms with Gasteiger partial charge in [0.25, 0.3) is 0 Å². The normalized spacial score (nSPS) is 53.7. The fraction of sp³-hybridized carbons (Fsp3) is 1.00. The molecule has 128 valence electrons. The molecule has 21 heavy (non-hydrogen) atoms. The van der Waals surface area contributed by atoms with Gasteiger partial charge in [0, 0.05) is 61.5 Å². The zero-order valence-corrected chi connectivity index (χ0v) is 12.0. The Balaban J connectivity index is 7.98. The molecule has 0 aromatic carbocycles. The van der Waals surface area contributed by atoms with Crippen LogP contribution in [0.2, 0.25) is 0 Å². The number of halogens is 1. The van der Waals surface area contributed by atoms with Gasteiger partial charge in [0.1, 0.15) is 0 Å². The Labute approximate surface area is 201 Å². The third-order valence-corrected chi connectivity index (χ3v) is 1.31. The first kappa shape index (κ1) is 2.38. The summed E-state index contributed by atoms with van der Waals surface area (Å²) < 4.78 is 329. The van der Waals surface area contributed by atoms with Gasteiger partial charge in [-0.05, 0) is 6.37 Å². The summed E-state index contributed by atoms with van der Waals surface area (Å²) in [5, 5.41) is -3.62. The van der Waals surface area contributed by atoms with Gasteiger partial charge < -0.3 is 0 Å². The maximum atomic E-state index is 8.29. The lowest BCUT2D eigenvalue weighted by Crippen LogP contribution is -1.84. The molecule has 0 aliphatic rings. The van der Waals surface area contributed by atoms with Crippen molar-refractivity contribution in [3.63, 3.8) is 0 Å². The summed E-state index contributed by atoms with van der Waals surface area (Å²) in [4.78, 5) is 0. The highest BCUT2D eigenvalue weighted by atomic mass is 79.9. The van der Waals surface area contributed by atoms with Crippen LogP contribution >= 0.6 is 15.9 Å². The molecule has 0 nitrogen and oxygen atoms in total. The second-order valence-corrected chi connectivity index (χ2v) is 2.74. The maximum absolute atomic E-state index is 8.29. The molecule has 0 radical (unpaired) electrons. The van der Waals surface area contributed by atoms with Crippen molar-refractivity contribution in [2.24, 2.45) is 0 Å². The number of alkyl halides is 1. The van der Waals surface area contributed by atoms with E-state index in [2.05, 4.69) is 15.9 Å². The van der Waals surface area contributed by atoms with Crippen molar-refractivity contribution in [2.75, 3.05) is 5.28 Å². The van der Waals surface area contributed by atoms with E-state index in [1.54, 1.807) is 0 Å². The average Bonchev–Trinajstić information content (AvgIpc) is 3.01. The molecule has 0 saturated carbocycles. The van der Waals surface area contributed by atoms with Crippen molar-refractivity contribution in [3.8, 4) is 0 Å². The Hall–Kier alpha value is 0.480. The van der Waals surface area contributed by atoms with E-state index in [-0.39, 0.29) is 0 Å². The molecule has 1 heteroatoms. The summed E-state index contributed by atoms with van der Waals surface area (Å²) in [6, 6.07) is 0. The molecule has 0 heterocycles. The van der Waals surface area contributed by atoms with E-state index in [9.17, 15) is 0 Å².